The molecular weight excluding hydrogens is 360 g/mol. The predicted molar refractivity (Wildman–Crippen MR) is 93.8 cm³/mol. The predicted octanol–water partition coefficient (Wildman–Crippen LogP) is 3.59. The van der Waals surface area contributed by atoms with Crippen molar-refractivity contribution in [2.24, 2.45) is 0 Å². The van der Waals surface area contributed by atoms with Crippen LogP contribution in [0.25, 0.3) is 0 Å². The highest BCUT2D eigenvalue weighted by molar-refractivity contribution is 9.10. The van der Waals surface area contributed by atoms with Gasteiger partial charge in [-0.3, -0.25) is 4.79 Å². The zero-order chi connectivity index (χ0) is 16.8. The summed E-state index contributed by atoms with van der Waals surface area (Å²) in [6.45, 7) is 1.61. The number of anilines is 2. The van der Waals surface area contributed by atoms with E-state index in [1.807, 2.05) is 25.1 Å². The lowest BCUT2D eigenvalue weighted by Crippen LogP contribution is -2.21. The van der Waals surface area contributed by atoms with E-state index in [9.17, 15) is 9.59 Å². The molecule has 6 heteroatoms. The number of carbonyl (C=O) groups excluding carboxylic acids is 2. The van der Waals surface area contributed by atoms with E-state index in [1.54, 1.807) is 31.3 Å². The number of hydrogen-bond donors (Lipinski definition) is 2. The Kier molecular flexibility index (Phi) is 5.76. The molecule has 5 nitrogen and oxygen atoms in total. The number of halogens is 1. The molecule has 0 unspecified atom stereocenters. The molecule has 0 saturated heterocycles. The van der Waals surface area contributed by atoms with Gasteiger partial charge in [-0.15, -0.1) is 0 Å². The van der Waals surface area contributed by atoms with E-state index in [4.69, 9.17) is 4.74 Å². The second-order valence-corrected chi connectivity index (χ2v) is 5.76. The number of benzene rings is 2. The highest BCUT2D eigenvalue weighted by atomic mass is 79.9. The first kappa shape index (κ1) is 17.0. The Balaban J connectivity index is 1.95. The fourth-order valence-electron chi connectivity index (χ4n) is 2.00. The number of nitrogens with one attached hydrogen (secondary N) is 2. The van der Waals surface area contributed by atoms with Crippen LogP contribution in [0.3, 0.4) is 0 Å². The van der Waals surface area contributed by atoms with Crippen LogP contribution in [-0.2, 0) is 9.53 Å². The Bertz CT molecular complexity index is 732. The summed E-state index contributed by atoms with van der Waals surface area (Å²) in [5.41, 5.74) is 2.75. The van der Waals surface area contributed by atoms with E-state index < -0.39 is 11.9 Å². The number of ether oxygens (including phenoxy) is 1. The SMILES string of the molecule is CNc1ccccc1C(=O)OCC(=O)Nc1ccc(C)cc1Br. The van der Waals surface area contributed by atoms with Gasteiger partial charge in [0.1, 0.15) is 0 Å². The third-order valence-electron chi connectivity index (χ3n) is 3.15. The normalized spacial score (nSPS) is 10.0. The molecule has 0 aliphatic rings. The number of para-hydroxylation sites is 1. The van der Waals surface area contributed by atoms with Crippen LogP contribution in [0.5, 0.6) is 0 Å². The summed E-state index contributed by atoms with van der Waals surface area (Å²) in [5.74, 6) is -0.946. The van der Waals surface area contributed by atoms with Crippen molar-refractivity contribution in [1.82, 2.24) is 0 Å². The molecule has 1 amide bonds. The van der Waals surface area contributed by atoms with Crippen molar-refractivity contribution >= 4 is 39.2 Å². The number of aryl methyl sites for hydroxylation is 1. The zero-order valence-corrected chi connectivity index (χ0v) is 14.4. The second kappa shape index (κ2) is 7.78. The van der Waals surface area contributed by atoms with Gasteiger partial charge in [-0.05, 0) is 52.7 Å². The molecule has 0 fully saturated rings. The maximum absolute atomic E-state index is 12.0. The molecule has 120 valence electrons. The minimum absolute atomic E-state index is 0.350. The number of amides is 1. The first-order valence-electron chi connectivity index (χ1n) is 7.01. The Labute approximate surface area is 143 Å². The van der Waals surface area contributed by atoms with E-state index in [0.717, 1.165) is 10.0 Å². The molecule has 2 rings (SSSR count). The van der Waals surface area contributed by atoms with E-state index in [1.165, 1.54) is 0 Å². The van der Waals surface area contributed by atoms with E-state index in [2.05, 4.69) is 26.6 Å². The Morgan fingerprint density at radius 1 is 1.13 bits per heavy atom. The lowest BCUT2D eigenvalue weighted by Gasteiger charge is -2.10. The summed E-state index contributed by atoms with van der Waals surface area (Å²) in [6, 6.07) is 12.5. The summed E-state index contributed by atoms with van der Waals surface area (Å²) in [4.78, 5) is 24.0. The lowest BCUT2D eigenvalue weighted by atomic mass is 10.2. The van der Waals surface area contributed by atoms with Gasteiger partial charge in [0, 0.05) is 17.2 Å². The molecule has 0 aliphatic heterocycles. The summed E-state index contributed by atoms with van der Waals surface area (Å²) in [5, 5.41) is 5.60. The van der Waals surface area contributed by atoms with Crippen molar-refractivity contribution in [1.29, 1.82) is 0 Å². The quantitative estimate of drug-likeness (QED) is 0.782. The van der Waals surface area contributed by atoms with Crippen molar-refractivity contribution in [3.63, 3.8) is 0 Å². The molecule has 0 heterocycles. The van der Waals surface area contributed by atoms with Crippen LogP contribution in [0, 0.1) is 6.92 Å². The van der Waals surface area contributed by atoms with Crippen LogP contribution in [-0.4, -0.2) is 25.5 Å². The minimum atomic E-state index is -0.548. The fraction of sp³-hybridized carbons (Fsp3) is 0.176. The van der Waals surface area contributed by atoms with Crippen LogP contribution < -0.4 is 10.6 Å². The van der Waals surface area contributed by atoms with Crippen LogP contribution in [0.2, 0.25) is 0 Å². The van der Waals surface area contributed by atoms with Gasteiger partial charge in [-0.25, -0.2) is 4.79 Å². The van der Waals surface area contributed by atoms with E-state index in [-0.39, 0.29) is 6.61 Å². The average Bonchev–Trinajstić information content (AvgIpc) is 2.55. The van der Waals surface area contributed by atoms with Gasteiger partial charge < -0.3 is 15.4 Å². The lowest BCUT2D eigenvalue weighted by molar-refractivity contribution is -0.119. The van der Waals surface area contributed by atoms with Crippen molar-refractivity contribution in [3.05, 3.63) is 58.1 Å². The maximum atomic E-state index is 12.0. The van der Waals surface area contributed by atoms with Gasteiger partial charge >= 0.3 is 5.97 Å². The Morgan fingerprint density at radius 2 is 1.87 bits per heavy atom. The molecule has 0 bridgehead atoms. The molecule has 0 radical (unpaired) electrons. The highest BCUT2D eigenvalue weighted by Gasteiger charge is 2.14. The summed E-state index contributed by atoms with van der Waals surface area (Å²) in [7, 11) is 1.72. The molecule has 0 atom stereocenters. The Hall–Kier alpha value is -2.34. The van der Waals surface area contributed by atoms with Crippen molar-refractivity contribution in [2.75, 3.05) is 24.3 Å². The molecular formula is C17H17BrN2O3. The molecule has 23 heavy (non-hydrogen) atoms. The smallest absolute Gasteiger partial charge is 0.340 e. The van der Waals surface area contributed by atoms with Crippen molar-refractivity contribution in [3.8, 4) is 0 Å². The molecule has 2 aromatic rings. The first-order valence-corrected chi connectivity index (χ1v) is 7.80. The Morgan fingerprint density at radius 3 is 2.57 bits per heavy atom. The van der Waals surface area contributed by atoms with Crippen LogP contribution in [0.4, 0.5) is 11.4 Å². The first-order chi connectivity index (χ1) is 11.0. The van der Waals surface area contributed by atoms with Gasteiger partial charge in [0.05, 0.1) is 11.3 Å². The fourth-order valence-corrected chi connectivity index (χ4v) is 2.59. The number of rotatable bonds is 5. The zero-order valence-electron chi connectivity index (χ0n) is 12.9. The van der Waals surface area contributed by atoms with Gasteiger partial charge in [-0.1, -0.05) is 18.2 Å². The largest absolute Gasteiger partial charge is 0.452 e. The summed E-state index contributed by atoms with van der Waals surface area (Å²) < 4.78 is 5.84. The second-order valence-electron chi connectivity index (χ2n) is 4.90. The van der Waals surface area contributed by atoms with Crippen LogP contribution in [0.1, 0.15) is 15.9 Å². The molecule has 0 spiro atoms. The molecule has 2 aromatic carbocycles. The molecule has 0 aliphatic carbocycles. The third kappa shape index (κ3) is 4.56. The summed E-state index contributed by atoms with van der Waals surface area (Å²) >= 11 is 3.38. The molecule has 2 N–H and O–H groups in total. The maximum Gasteiger partial charge on any atom is 0.340 e. The van der Waals surface area contributed by atoms with Crippen molar-refractivity contribution in [2.45, 2.75) is 6.92 Å². The van der Waals surface area contributed by atoms with Gasteiger partial charge in [-0.2, -0.15) is 0 Å². The van der Waals surface area contributed by atoms with E-state index in [0.29, 0.717) is 16.9 Å². The van der Waals surface area contributed by atoms with Gasteiger partial charge in [0.25, 0.3) is 5.91 Å². The topological polar surface area (TPSA) is 67.4 Å². The van der Waals surface area contributed by atoms with E-state index >= 15 is 0 Å². The number of esters is 1. The number of carbonyl (C=O) groups is 2. The highest BCUT2D eigenvalue weighted by Crippen LogP contribution is 2.23. The van der Waals surface area contributed by atoms with Gasteiger partial charge in [0.15, 0.2) is 6.61 Å². The minimum Gasteiger partial charge on any atom is -0.452 e. The van der Waals surface area contributed by atoms with Gasteiger partial charge in [0.2, 0.25) is 0 Å². The average molecular weight is 377 g/mol. The third-order valence-corrected chi connectivity index (χ3v) is 3.81. The van der Waals surface area contributed by atoms with Crippen LogP contribution in [0.15, 0.2) is 46.9 Å². The monoisotopic (exact) mass is 376 g/mol. The van der Waals surface area contributed by atoms with Crippen molar-refractivity contribution < 1.29 is 14.3 Å². The van der Waals surface area contributed by atoms with Crippen LogP contribution >= 0.6 is 15.9 Å². The standard InChI is InChI=1S/C17H17BrN2O3/c1-11-7-8-15(13(18)9-11)20-16(21)10-23-17(22)12-5-3-4-6-14(12)19-2/h3-9,19H,10H2,1-2H3,(H,20,21). The number of hydrogen-bond acceptors (Lipinski definition) is 4. The molecule has 0 saturated carbocycles. The summed E-state index contributed by atoms with van der Waals surface area (Å²) in [6.07, 6.45) is 0. The molecule has 0 aromatic heterocycles.